The first kappa shape index (κ1) is 15.9. The van der Waals surface area contributed by atoms with Gasteiger partial charge in [-0.15, -0.1) is 0 Å². The Morgan fingerprint density at radius 3 is 2.78 bits per heavy atom. The van der Waals surface area contributed by atoms with E-state index in [2.05, 4.69) is 5.32 Å². The van der Waals surface area contributed by atoms with Gasteiger partial charge in [-0.1, -0.05) is 23.9 Å². The maximum atomic E-state index is 12.8. The molecule has 0 radical (unpaired) electrons. The lowest BCUT2D eigenvalue weighted by Crippen LogP contribution is -2.54. The fourth-order valence-electron chi connectivity index (χ4n) is 2.81. The van der Waals surface area contributed by atoms with Crippen molar-refractivity contribution in [2.24, 2.45) is 5.41 Å². The van der Waals surface area contributed by atoms with Crippen molar-refractivity contribution in [3.63, 3.8) is 0 Å². The van der Waals surface area contributed by atoms with Crippen molar-refractivity contribution in [3.05, 3.63) is 24.3 Å². The smallest absolute Gasteiger partial charge is 0.310 e. The van der Waals surface area contributed by atoms with Crippen molar-refractivity contribution in [2.45, 2.75) is 36.5 Å². The van der Waals surface area contributed by atoms with Gasteiger partial charge in [0.05, 0.1) is 11.1 Å². The number of nitrogens with one attached hydrogen (secondary N) is 1. The zero-order valence-corrected chi connectivity index (χ0v) is 13.8. The SMILES string of the molecule is CC(C)(CNC(=O)C12CCC(=O)N1c1ccccc1S2)C(=O)O. The van der Waals surface area contributed by atoms with Crippen molar-refractivity contribution in [3.8, 4) is 0 Å². The number of rotatable bonds is 4. The van der Waals surface area contributed by atoms with E-state index in [4.69, 9.17) is 5.11 Å². The van der Waals surface area contributed by atoms with Gasteiger partial charge >= 0.3 is 5.97 Å². The third-order valence-corrected chi connectivity index (χ3v) is 5.77. The standard InChI is InChI=1S/C16H18N2O4S/c1-15(2,14(21)22)9-17-13(20)16-8-7-12(19)18(16)10-5-3-4-6-11(10)23-16/h3-6H,7-9H2,1-2H3,(H,17,20)(H,21,22). The van der Waals surface area contributed by atoms with E-state index in [9.17, 15) is 14.4 Å². The van der Waals surface area contributed by atoms with Crippen molar-refractivity contribution in [1.82, 2.24) is 5.32 Å². The lowest BCUT2D eigenvalue weighted by molar-refractivity contribution is -0.146. The molecule has 1 fully saturated rings. The van der Waals surface area contributed by atoms with Gasteiger partial charge in [-0.3, -0.25) is 19.3 Å². The molecule has 7 heteroatoms. The molecular weight excluding hydrogens is 316 g/mol. The number of nitrogens with zero attached hydrogens (tertiary/aromatic N) is 1. The molecule has 0 aromatic heterocycles. The summed E-state index contributed by atoms with van der Waals surface area (Å²) in [6.45, 7) is 3.13. The molecule has 2 aliphatic rings. The van der Waals surface area contributed by atoms with Crippen LogP contribution in [-0.4, -0.2) is 34.3 Å². The number of aliphatic carboxylic acids is 1. The molecular formula is C16H18N2O4S. The first-order valence-electron chi connectivity index (χ1n) is 7.41. The van der Waals surface area contributed by atoms with Crippen LogP contribution in [0.25, 0.3) is 0 Å². The number of fused-ring (bicyclic) bond motifs is 3. The minimum absolute atomic E-state index is 0.0157. The van der Waals surface area contributed by atoms with Gasteiger partial charge in [0.25, 0.3) is 5.91 Å². The van der Waals surface area contributed by atoms with Crippen LogP contribution < -0.4 is 10.2 Å². The van der Waals surface area contributed by atoms with Crippen LogP contribution >= 0.6 is 11.8 Å². The molecule has 0 saturated carbocycles. The fraction of sp³-hybridized carbons (Fsp3) is 0.438. The summed E-state index contributed by atoms with van der Waals surface area (Å²) in [4.78, 5) is 37.8. The van der Waals surface area contributed by atoms with Gasteiger partial charge in [0.1, 0.15) is 0 Å². The molecule has 3 rings (SSSR count). The number of anilines is 1. The number of carboxylic acids is 1. The Bertz CT molecular complexity index is 703. The van der Waals surface area contributed by atoms with E-state index in [0.29, 0.717) is 12.8 Å². The van der Waals surface area contributed by atoms with E-state index in [0.717, 1.165) is 10.6 Å². The number of para-hydroxylation sites is 1. The highest BCUT2D eigenvalue weighted by molar-refractivity contribution is 8.02. The molecule has 122 valence electrons. The first-order valence-corrected chi connectivity index (χ1v) is 8.22. The van der Waals surface area contributed by atoms with Gasteiger partial charge in [-0.2, -0.15) is 0 Å². The molecule has 1 atom stereocenters. The molecule has 0 bridgehead atoms. The molecule has 2 amide bonds. The van der Waals surface area contributed by atoms with Crippen molar-refractivity contribution in [2.75, 3.05) is 11.4 Å². The minimum atomic E-state index is -1.06. The number of amides is 2. The van der Waals surface area contributed by atoms with E-state index in [1.165, 1.54) is 11.8 Å². The predicted molar refractivity (Wildman–Crippen MR) is 86.2 cm³/mol. The summed E-state index contributed by atoms with van der Waals surface area (Å²) in [5.74, 6) is -1.36. The van der Waals surface area contributed by atoms with Gasteiger partial charge in [0.15, 0.2) is 4.87 Å². The van der Waals surface area contributed by atoms with E-state index in [1.807, 2.05) is 24.3 Å². The Morgan fingerprint density at radius 2 is 2.09 bits per heavy atom. The number of carboxylic acid groups (broad SMARTS) is 1. The molecule has 2 aliphatic heterocycles. The molecule has 1 aromatic rings. The number of carbonyl (C=O) groups is 3. The van der Waals surface area contributed by atoms with E-state index in [-0.39, 0.29) is 18.4 Å². The molecule has 6 nitrogen and oxygen atoms in total. The number of hydrogen-bond donors (Lipinski definition) is 2. The number of hydrogen-bond acceptors (Lipinski definition) is 4. The van der Waals surface area contributed by atoms with Crippen molar-refractivity contribution < 1.29 is 19.5 Å². The Labute approximate surface area is 138 Å². The summed E-state index contributed by atoms with van der Waals surface area (Å²) in [7, 11) is 0. The highest BCUT2D eigenvalue weighted by Gasteiger charge is 2.57. The monoisotopic (exact) mass is 334 g/mol. The van der Waals surface area contributed by atoms with Gasteiger partial charge in [0.2, 0.25) is 5.91 Å². The van der Waals surface area contributed by atoms with Gasteiger partial charge in [0, 0.05) is 17.9 Å². The highest BCUT2D eigenvalue weighted by Crippen LogP contribution is 2.55. The highest BCUT2D eigenvalue weighted by atomic mass is 32.2. The second-order valence-corrected chi connectivity index (χ2v) is 7.77. The lowest BCUT2D eigenvalue weighted by Gasteiger charge is -2.31. The maximum absolute atomic E-state index is 12.8. The van der Waals surface area contributed by atoms with Gasteiger partial charge < -0.3 is 10.4 Å². The predicted octanol–water partition coefficient (Wildman–Crippen LogP) is 1.84. The van der Waals surface area contributed by atoms with Crippen LogP contribution in [0.2, 0.25) is 0 Å². The summed E-state index contributed by atoms with van der Waals surface area (Å²) in [6.07, 6.45) is 0.738. The molecule has 23 heavy (non-hydrogen) atoms. The van der Waals surface area contributed by atoms with Gasteiger partial charge in [-0.05, 0) is 32.4 Å². The van der Waals surface area contributed by atoms with E-state index >= 15 is 0 Å². The molecule has 0 spiro atoms. The van der Waals surface area contributed by atoms with Crippen LogP contribution in [0.4, 0.5) is 5.69 Å². The number of carbonyl (C=O) groups excluding carboxylic acids is 2. The van der Waals surface area contributed by atoms with Crippen molar-refractivity contribution >= 4 is 35.2 Å². The second-order valence-electron chi connectivity index (χ2n) is 6.46. The Hall–Kier alpha value is -2.02. The molecule has 2 heterocycles. The van der Waals surface area contributed by atoms with Crippen LogP contribution in [0.1, 0.15) is 26.7 Å². The maximum Gasteiger partial charge on any atom is 0.310 e. The normalized spacial score (nSPS) is 22.7. The zero-order valence-electron chi connectivity index (χ0n) is 13.0. The average molecular weight is 334 g/mol. The summed E-state index contributed by atoms with van der Waals surface area (Å²) in [5.41, 5.74) is -0.303. The summed E-state index contributed by atoms with van der Waals surface area (Å²) < 4.78 is 0. The van der Waals surface area contributed by atoms with Crippen LogP contribution in [-0.2, 0) is 14.4 Å². The Balaban J connectivity index is 1.86. The molecule has 1 aromatic carbocycles. The van der Waals surface area contributed by atoms with E-state index in [1.54, 1.807) is 18.7 Å². The topological polar surface area (TPSA) is 86.7 Å². The summed E-state index contributed by atoms with van der Waals surface area (Å²) >= 11 is 1.37. The molecule has 2 N–H and O–H groups in total. The van der Waals surface area contributed by atoms with E-state index < -0.39 is 16.3 Å². The molecule has 1 unspecified atom stereocenters. The molecule has 0 aliphatic carbocycles. The van der Waals surface area contributed by atoms with Crippen molar-refractivity contribution in [1.29, 1.82) is 0 Å². The molecule has 1 saturated heterocycles. The number of benzene rings is 1. The van der Waals surface area contributed by atoms with Gasteiger partial charge in [-0.25, -0.2) is 0 Å². The average Bonchev–Trinajstić information content (AvgIpc) is 3.01. The minimum Gasteiger partial charge on any atom is -0.481 e. The largest absolute Gasteiger partial charge is 0.481 e. The summed E-state index contributed by atoms with van der Waals surface area (Å²) in [6, 6.07) is 7.44. The fourth-order valence-corrected chi connectivity index (χ4v) is 4.25. The third-order valence-electron chi connectivity index (χ3n) is 4.30. The number of thioether (sulfide) groups is 1. The first-order chi connectivity index (χ1) is 10.8. The zero-order chi connectivity index (χ0) is 16.8. The third kappa shape index (κ3) is 2.39. The van der Waals surface area contributed by atoms with Crippen LogP contribution in [0.15, 0.2) is 29.2 Å². The summed E-state index contributed by atoms with van der Waals surface area (Å²) in [5, 5.41) is 11.9. The van der Waals surface area contributed by atoms with Crippen LogP contribution in [0.3, 0.4) is 0 Å². The van der Waals surface area contributed by atoms with Crippen LogP contribution in [0, 0.1) is 5.41 Å². The van der Waals surface area contributed by atoms with Crippen LogP contribution in [0.5, 0.6) is 0 Å². The quantitative estimate of drug-likeness (QED) is 0.877. The Kier molecular flexibility index (Phi) is 3.63. The lowest BCUT2D eigenvalue weighted by atomic mass is 9.94. The Morgan fingerprint density at radius 1 is 1.39 bits per heavy atom. The second kappa shape index (κ2) is 5.26.